The third-order valence-electron chi connectivity index (χ3n) is 3.02. The zero-order valence-corrected chi connectivity index (χ0v) is 12.0. The van der Waals surface area contributed by atoms with Crippen molar-refractivity contribution in [1.82, 2.24) is 0 Å². The molecule has 3 aromatic rings. The lowest BCUT2D eigenvalue weighted by Gasteiger charge is -2.01. The van der Waals surface area contributed by atoms with Gasteiger partial charge in [-0.25, -0.2) is 0 Å². The third-order valence-corrected chi connectivity index (χ3v) is 4.74. The van der Waals surface area contributed by atoms with Crippen molar-refractivity contribution in [3.05, 3.63) is 53.5 Å². The van der Waals surface area contributed by atoms with E-state index in [0.29, 0.717) is 0 Å². The van der Waals surface area contributed by atoms with Gasteiger partial charge in [0, 0.05) is 19.1 Å². The molecule has 0 saturated carbocycles. The maximum absolute atomic E-state index is 2.32. The molecular weight excluding hydrogens is 258 g/mol. The molecule has 0 amide bonds. The molecule has 18 heavy (non-hydrogen) atoms. The molecular formula is C15H14NS2+. The summed E-state index contributed by atoms with van der Waals surface area (Å²) in [5.74, 6) is 0. The maximum atomic E-state index is 2.32. The first-order valence-corrected chi connectivity index (χ1v) is 7.93. The summed E-state index contributed by atoms with van der Waals surface area (Å²) in [4.78, 5) is 1.30. The fourth-order valence-corrected chi connectivity index (χ4v) is 3.79. The molecule has 3 rings (SSSR count). The number of rotatable bonds is 2. The first-order valence-electron chi connectivity index (χ1n) is 5.83. The van der Waals surface area contributed by atoms with E-state index in [1.165, 1.54) is 26.7 Å². The van der Waals surface area contributed by atoms with Crippen LogP contribution in [-0.2, 0) is 0 Å². The van der Waals surface area contributed by atoms with Crippen molar-refractivity contribution in [3.63, 3.8) is 0 Å². The van der Waals surface area contributed by atoms with Gasteiger partial charge in [0.25, 0.3) is 4.83 Å². The van der Waals surface area contributed by atoms with Gasteiger partial charge in [-0.3, -0.25) is 0 Å². The highest BCUT2D eigenvalue weighted by Gasteiger charge is 2.17. The molecule has 0 fully saturated rings. The average Bonchev–Trinajstić information content (AvgIpc) is 2.81. The zero-order chi connectivity index (χ0) is 12.5. The van der Waals surface area contributed by atoms with Crippen LogP contribution in [0.2, 0.25) is 0 Å². The van der Waals surface area contributed by atoms with Crippen LogP contribution in [0.15, 0.2) is 52.9 Å². The van der Waals surface area contributed by atoms with Crippen molar-refractivity contribution in [3.8, 4) is 11.1 Å². The molecule has 3 heteroatoms. The van der Waals surface area contributed by atoms with E-state index in [4.69, 9.17) is 0 Å². The van der Waals surface area contributed by atoms with E-state index in [1.807, 2.05) is 0 Å². The van der Waals surface area contributed by atoms with Gasteiger partial charge >= 0.3 is 0 Å². The number of thiazole rings is 1. The second-order valence-electron chi connectivity index (χ2n) is 4.20. The Balaban J connectivity index is 2.27. The van der Waals surface area contributed by atoms with Gasteiger partial charge in [-0.2, -0.15) is 0 Å². The number of hydrogen-bond donors (Lipinski definition) is 0. The Hall–Kier alpha value is -1.32. The van der Waals surface area contributed by atoms with Crippen molar-refractivity contribution in [2.45, 2.75) is 11.9 Å². The van der Waals surface area contributed by atoms with Crippen LogP contribution in [0.4, 0.5) is 0 Å². The van der Waals surface area contributed by atoms with Gasteiger partial charge in [-0.1, -0.05) is 53.4 Å². The summed E-state index contributed by atoms with van der Waals surface area (Å²) in [6, 6.07) is 15.1. The molecule has 2 heterocycles. The van der Waals surface area contributed by atoms with Crippen LogP contribution in [0.5, 0.6) is 0 Å². The molecule has 0 N–H and O–H groups in total. The summed E-state index contributed by atoms with van der Waals surface area (Å²) >= 11 is 3.60. The maximum Gasteiger partial charge on any atom is 0.268 e. The van der Waals surface area contributed by atoms with Gasteiger partial charge in [0.05, 0.1) is 5.38 Å². The van der Waals surface area contributed by atoms with Gasteiger partial charge in [-0.05, 0) is 17.4 Å². The molecule has 2 aromatic heterocycles. The minimum atomic E-state index is 1.28. The molecule has 0 aliphatic heterocycles. The normalized spacial score (nSPS) is 11.0. The van der Waals surface area contributed by atoms with Gasteiger partial charge in [0.15, 0.2) is 5.69 Å². The SMILES string of the molecule is CSc1cc(-c2ccccc2)cc2scc(C)[n+]12. The number of nitrogens with zero attached hydrogens (tertiary/aromatic N) is 1. The third kappa shape index (κ3) is 1.93. The number of benzene rings is 1. The number of aromatic nitrogens is 1. The highest BCUT2D eigenvalue weighted by molar-refractivity contribution is 7.98. The van der Waals surface area contributed by atoms with E-state index in [0.717, 1.165) is 0 Å². The molecule has 1 aromatic carbocycles. The number of fused-ring (bicyclic) bond motifs is 1. The van der Waals surface area contributed by atoms with Crippen molar-refractivity contribution in [2.75, 3.05) is 6.26 Å². The van der Waals surface area contributed by atoms with Crippen LogP contribution < -0.4 is 4.40 Å². The molecule has 1 nitrogen and oxygen atoms in total. The Morgan fingerprint density at radius 1 is 1.06 bits per heavy atom. The quantitative estimate of drug-likeness (QED) is 0.500. The molecule has 0 spiro atoms. The van der Waals surface area contributed by atoms with Crippen LogP contribution in [-0.4, -0.2) is 6.26 Å². The van der Waals surface area contributed by atoms with Crippen LogP contribution in [0, 0.1) is 6.92 Å². The van der Waals surface area contributed by atoms with Gasteiger partial charge < -0.3 is 0 Å². The second-order valence-corrected chi connectivity index (χ2v) is 5.92. The smallest absolute Gasteiger partial charge is 0.142 e. The molecule has 0 radical (unpaired) electrons. The summed E-state index contributed by atoms with van der Waals surface area (Å²) < 4.78 is 2.32. The summed E-state index contributed by atoms with van der Waals surface area (Å²) in [6.45, 7) is 2.16. The number of hydrogen-bond acceptors (Lipinski definition) is 2. The summed E-state index contributed by atoms with van der Waals surface area (Å²) in [5.41, 5.74) is 3.88. The lowest BCUT2D eigenvalue weighted by Crippen LogP contribution is -2.25. The van der Waals surface area contributed by atoms with E-state index in [1.54, 1.807) is 23.1 Å². The summed E-state index contributed by atoms with van der Waals surface area (Å²) in [7, 11) is 0. The Morgan fingerprint density at radius 2 is 1.83 bits per heavy atom. The minimum absolute atomic E-state index is 1.28. The molecule has 0 bridgehead atoms. The lowest BCUT2D eigenvalue weighted by molar-refractivity contribution is -0.558. The van der Waals surface area contributed by atoms with Gasteiger partial charge in [-0.15, -0.1) is 4.40 Å². The fraction of sp³-hybridized carbons (Fsp3) is 0.133. The topological polar surface area (TPSA) is 4.10 Å². The highest BCUT2D eigenvalue weighted by atomic mass is 32.2. The number of thioether (sulfide) groups is 1. The molecule has 0 unspecified atom stereocenters. The molecule has 90 valence electrons. The van der Waals surface area contributed by atoms with Crippen molar-refractivity contribution < 1.29 is 4.40 Å². The van der Waals surface area contributed by atoms with Gasteiger partial charge in [0.1, 0.15) is 0 Å². The second kappa shape index (κ2) is 4.75. The van der Waals surface area contributed by atoms with Crippen LogP contribution in [0.25, 0.3) is 16.0 Å². The van der Waals surface area contributed by atoms with Crippen LogP contribution in [0.3, 0.4) is 0 Å². The van der Waals surface area contributed by atoms with Crippen molar-refractivity contribution in [1.29, 1.82) is 0 Å². The van der Waals surface area contributed by atoms with E-state index in [2.05, 4.69) is 65.4 Å². The van der Waals surface area contributed by atoms with Crippen molar-refractivity contribution >= 4 is 27.9 Å². The van der Waals surface area contributed by atoms with E-state index < -0.39 is 0 Å². The summed E-state index contributed by atoms with van der Waals surface area (Å²) in [6.07, 6.45) is 2.13. The predicted octanol–water partition coefficient (Wildman–Crippen LogP) is 4.18. The Labute approximate surface area is 115 Å². The first-order chi connectivity index (χ1) is 8.79. The standard InChI is InChI=1S/C15H14NS2/c1-11-10-18-15-9-13(8-14(17-2)16(11)15)12-6-4-3-5-7-12/h3-10H,1-2H3/q+1. The highest BCUT2D eigenvalue weighted by Crippen LogP contribution is 2.26. The largest absolute Gasteiger partial charge is 0.268 e. The van der Waals surface area contributed by atoms with Crippen molar-refractivity contribution in [2.24, 2.45) is 0 Å². The van der Waals surface area contributed by atoms with Gasteiger partial charge in [0.2, 0.25) is 5.03 Å². The minimum Gasteiger partial charge on any atom is -0.142 e. The zero-order valence-electron chi connectivity index (χ0n) is 10.4. The molecule has 0 aliphatic carbocycles. The predicted molar refractivity (Wildman–Crippen MR) is 79.4 cm³/mol. The molecule has 0 saturated heterocycles. The Bertz CT molecular complexity index is 686. The van der Waals surface area contributed by atoms with E-state index >= 15 is 0 Å². The number of aryl methyl sites for hydroxylation is 1. The summed E-state index contributed by atoms with van der Waals surface area (Å²) in [5, 5.41) is 3.51. The number of pyridine rings is 1. The van der Waals surface area contributed by atoms with Crippen LogP contribution in [0.1, 0.15) is 5.69 Å². The first kappa shape index (κ1) is 11.8. The average molecular weight is 272 g/mol. The molecule has 0 atom stereocenters. The van der Waals surface area contributed by atoms with E-state index in [-0.39, 0.29) is 0 Å². The fourth-order valence-electron chi connectivity index (χ4n) is 2.13. The molecule has 0 aliphatic rings. The Morgan fingerprint density at radius 3 is 2.56 bits per heavy atom. The lowest BCUT2D eigenvalue weighted by atomic mass is 10.1. The van der Waals surface area contributed by atoms with E-state index in [9.17, 15) is 0 Å². The monoisotopic (exact) mass is 272 g/mol. The van der Waals surface area contributed by atoms with Crippen LogP contribution >= 0.6 is 23.1 Å². The Kier molecular flexibility index (Phi) is 3.10.